The first kappa shape index (κ1) is 12.5. The van der Waals surface area contributed by atoms with Crippen LogP contribution in [0.1, 0.15) is 23.1 Å². The smallest absolute Gasteiger partial charge is 0.308 e. The van der Waals surface area contributed by atoms with Gasteiger partial charge >= 0.3 is 5.97 Å². The lowest BCUT2D eigenvalue weighted by atomic mass is 9.99. The summed E-state index contributed by atoms with van der Waals surface area (Å²) >= 11 is 0. The molecule has 1 fully saturated rings. The lowest BCUT2D eigenvalue weighted by molar-refractivity contribution is -0.142. The third-order valence-electron chi connectivity index (χ3n) is 3.22. The van der Waals surface area contributed by atoms with E-state index in [-0.39, 0.29) is 24.1 Å². The van der Waals surface area contributed by atoms with Gasteiger partial charge in [0.15, 0.2) is 0 Å². The number of hydrogen-bond donors (Lipinski definition) is 1. The van der Waals surface area contributed by atoms with Crippen molar-refractivity contribution in [2.45, 2.75) is 13.8 Å². The molecule has 6 nitrogen and oxygen atoms in total. The quantitative estimate of drug-likeness (QED) is 0.828. The molecule has 1 N–H and O–H groups in total. The first-order chi connectivity index (χ1) is 8.49. The van der Waals surface area contributed by atoms with Gasteiger partial charge in [0.25, 0.3) is 5.91 Å². The Bertz CT molecular complexity index is 472. The van der Waals surface area contributed by atoms with Gasteiger partial charge in [0.2, 0.25) is 0 Å². The monoisotopic (exact) mass is 249 g/mol. The van der Waals surface area contributed by atoms with Crippen LogP contribution in [0.2, 0.25) is 0 Å². The van der Waals surface area contributed by atoms with E-state index in [9.17, 15) is 9.59 Å². The van der Waals surface area contributed by atoms with Crippen molar-refractivity contribution in [2.75, 3.05) is 13.1 Å². The molecule has 1 amide bonds. The van der Waals surface area contributed by atoms with E-state index in [0.717, 1.165) is 5.69 Å². The molecule has 96 valence electrons. The van der Waals surface area contributed by atoms with Crippen LogP contribution < -0.4 is 0 Å². The number of rotatable bonds is 2. The molecule has 2 atom stereocenters. The Hall–Kier alpha value is -1.98. The fourth-order valence-corrected chi connectivity index (χ4v) is 2.12. The molecule has 1 aliphatic heterocycles. The molecule has 1 aromatic heterocycles. The maximum Gasteiger partial charge on any atom is 0.308 e. The summed E-state index contributed by atoms with van der Waals surface area (Å²) < 4.78 is 0. The predicted octanol–water partition coefficient (Wildman–Crippen LogP) is 0.578. The molecule has 0 saturated carbocycles. The van der Waals surface area contributed by atoms with Crippen molar-refractivity contribution >= 4 is 11.9 Å². The average molecular weight is 249 g/mol. The number of likely N-dealkylation sites (tertiary alicyclic amines) is 1. The molecule has 6 heteroatoms. The third kappa shape index (κ3) is 2.32. The summed E-state index contributed by atoms with van der Waals surface area (Å²) in [7, 11) is 0. The summed E-state index contributed by atoms with van der Waals surface area (Å²) in [6.45, 7) is 4.32. The van der Waals surface area contributed by atoms with Gasteiger partial charge in [-0.25, -0.2) is 4.98 Å². The van der Waals surface area contributed by atoms with E-state index in [0.29, 0.717) is 6.54 Å². The van der Waals surface area contributed by atoms with E-state index >= 15 is 0 Å². The van der Waals surface area contributed by atoms with Crippen molar-refractivity contribution in [3.8, 4) is 0 Å². The van der Waals surface area contributed by atoms with E-state index in [1.165, 1.54) is 17.3 Å². The third-order valence-corrected chi connectivity index (χ3v) is 3.22. The Labute approximate surface area is 105 Å². The summed E-state index contributed by atoms with van der Waals surface area (Å²) in [5, 5.41) is 9.02. The normalized spacial score (nSPS) is 23.1. The molecular formula is C12H15N3O3. The Balaban J connectivity index is 2.12. The standard InChI is InChI=1S/C12H15N3O3/c1-7-5-15(6-9(7)12(17)18)11(16)10-4-13-8(2)3-14-10/h3-4,7,9H,5-6H2,1-2H3,(H,17,18)/t7-,9-/m1/s1. The Morgan fingerprint density at radius 3 is 2.56 bits per heavy atom. The second-order valence-corrected chi connectivity index (χ2v) is 4.68. The molecule has 0 bridgehead atoms. The maximum atomic E-state index is 12.1. The topological polar surface area (TPSA) is 83.4 Å². The summed E-state index contributed by atoms with van der Waals surface area (Å²) in [6, 6.07) is 0. The molecule has 2 rings (SSSR count). The van der Waals surface area contributed by atoms with Crippen LogP contribution in [0.25, 0.3) is 0 Å². The number of carboxylic acids is 1. The lowest BCUT2D eigenvalue weighted by Crippen LogP contribution is -2.30. The molecule has 1 saturated heterocycles. The molecule has 0 aromatic carbocycles. The van der Waals surface area contributed by atoms with Gasteiger partial charge in [-0.2, -0.15) is 0 Å². The van der Waals surface area contributed by atoms with Crippen LogP contribution in [0, 0.1) is 18.8 Å². The highest BCUT2D eigenvalue weighted by Gasteiger charge is 2.37. The molecule has 0 radical (unpaired) electrons. The van der Waals surface area contributed by atoms with Crippen molar-refractivity contribution in [1.82, 2.24) is 14.9 Å². The number of aliphatic carboxylic acids is 1. The summed E-state index contributed by atoms with van der Waals surface area (Å²) in [6.07, 6.45) is 2.96. The average Bonchev–Trinajstić information content (AvgIpc) is 2.71. The molecule has 0 unspecified atom stereocenters. The molecule has 1 aromatic rings. The summed E-state index contributed by atoms with van der Waals surface area (Å²) in [5.41, 5.74) is 1.00. The number of carbonyl (C=O) groups excluding carboxylic acids is 1. The highest BCUT2D eigenvalue weighted by atomic mass is 16.4. The lowest BCUT2D eigenvalue weighted by Gasteiger charge is -2.14. The number of amides is 1. The van der Waals surface area contributed by atoms with E-state index < -0.39 is 11.9 Å². The molecular weight excluding hydrogens is 234 g/mol. The zero-order valence-electron chi connectivity index (χ0n) is 10.3. The van der Waals surface area contributed by atoms with E-state index in [2.05, 4.69) is 9.97 Å². The van der Waals surface area contributed by atoms with Crippen LogP contribution in [-0.2, 0) is 4.79 Å². The fourth-order valence-electron chi connectivity index (χ4n) is 2.12. The molecule has 0 aliphatic carbocycles. The minimum atomic E-state index is -0.854. The van der Waals surface area contributed by atoms with E-state index in [1.807, 2.05) is 6.92 Å². The van der Waals surface area contributed by atoms with Gasteiger partial charge in [-0.3, -0.25) is 14.6 Å². The Morgan fingerprint density at radius 1 is 1.33 bits per heavy atom. The molecule has 0 spiro atoms. The molecule has 18 heavy (non-hydrogen) atoms. The van der Waals surface area contributed by atoms with Gasteiger partial charge in [0.05, 0.1) is 17.8 Å². The van der Waals surface area contributed by atoms with Gasteiger partial charge in [-0.05, 0) is 12.8 Å². The molecule has 1 aliphatic rings. The second-order valence-electron chi connectivity index (χ2n) is 4.68. The summed E-state index contributed by atoms with van der Waals surface area (Å²) in [5.74, 6) is -1.64. The van der Waals surface area contributed by atoms with Gasteiger partial charge in [-0.1, -0.05) is 6.92 Å². The molecule has 2 heterocycles. The minimum absolute atomic E-state index is 0.0372. The Morgan fingerprint density at radius 2 is 2.06 bits per heavy atom. The zero-order chi connectivity index (χ0) is 13.3. The van der Waals surface area contributed by atoms with Gasteiger partial charge in [0.1, 0.15) is 5.69 Å². The number of aryl methyl sites for hydroxylation is 1. The first-order valence-corrected chi connectivity index (χ1v) is 5.79. The van der Waals surface area contributed by atoms with Crippen LogP contribution in [-0.4, -0.2) is 44.9 Å². The second kappa shape index (κ2) is 4.72. The number of aromatic nitrogens is 2. The SMILES string of the molecule is Cc1cnc(C(=O)N2C[C@@H](C)[C@H](C(=O)O)C2)cn1. The number of carbonyl (C=O) groups is 2. The van der Waals surface area contributed by atoms with Crippen molar-refractivity contribution < 1.29 is 14.7 Å². The van der Waals surface area contributed by atoms with Crippen molar-refractivity contribution in [1.29, 1.82) is 0 Å². The highest BCUT2D eigenvalue weighted by molar-refractivity contribution is 5.92. The first-order valence-electron chi connectivity index (χ1n) is 5.79. The van der Waals surface area contributed by atoms with Crippen molar-refractivity contribution in [3.05, 3.63) is 23.8 Å². The number of nitrogens with zero attached hydrogens (tertiary/aromatic N) is 3. The van der Waals surface area contributed by atoms with Gasteiger partial charge < -0.3 is 10.0 Å². The van der Waals surface area contributed by atoms with Crippen LogP contribution in [0.4, 0.5) is 0 Å². The van der Waals surface area contributed by atoms with Gasteiger partial charge in [0, 0.05) is 19.3 Å². The summed E-state index contributed by atoms with van der Waals surface area (Å²) in [4.78, 5) is 32.7. The van der Waals surface area contributed by atoms with Gasteiger partial charge in [-0.15, -0.1) is 0 Å². The number of hydrogen-bond acceptors (Lipinski definition) is 4. The van der Waals surface area contributed by atoms with Crippen molar-refractivity contribution in [3.63, 3.8) is 0 Å². The van der Waals surface area contributed by atoms with Crippen LogP contribution in [0.15, 0.2) is 12.4 Å². The zero-order valence-corrected chi connectivity index (χ0v) is 10.3. The minimum Gasteiger partial charge on any atom is -0.481 e. The van der Waals surface area contributed by atoms with Crippen LogP contribution >= 0.6 is 0 Å². The number of carboxylic acid groups (broad SMARTS) is 1. The van der Waals surface area contributed by atoms with Crippen LogP contribution in [0.5, 0.6) is 0 Å². The predicted molar refractivity (Wildman–Crippen MR) is 63.0 cm³/mol. The fraction of sp³-hybridized carbons (Fsp3) is 0.500. The van der Waals surface area contributed by atoms with E-state index in [1.54, 1.807) is 6.92 Å². The maximum absolute atomic E-state index is 12.1. The Kier molecular flexibility index (Phi) is 3.27. The largest absolute Gasteiger partial charge is 0.481 e. The van der Waals surface area contributed by atoms with Crippen molar-refractivity contribution in [2.24, 2.45) is 11.8 Å². The van der Waals surface area contributed by atoms with Crippen LogP contribution in [0.3, 0.4) is 0 Å². The van der Waals surface area contributed by atoms with E-state index in [4.69, 9.17) is 5.11 Å². The highest BCUT2D eigenvalue weighted by Crippen LogP contribution is 2.24.